The number of hydrogen-bond donors (Lipinski definition) is 0. The van der Waals surface area contributed by atoms with Gasteiger partial charge < -0.3 is 9.64 Å². The van der Waals surface area contributed by atoms with Gasteiger partial charge in [-0.25, -0.2) is 0 Å². The maximum atomic E-state index is 12.1. The van der Waals surface area contributed by atoms with Gasteiger partial charge in [0.2, 0.25) is 0 Å². The van der Waals surface area contributed by atoms with Gasteiger partial charge in [0, 0.05) is 18.8 Å². The van der Waals surface area contributed by atoms with Crippen molar-refractivity contribution in [1.29, 1.82) is 0 Å². The monoisotopic (exact) mass is 267 g/mol. The van der Waals surface area contributed by atoms with Crippen LogP contribution in [0.5, 0.6) is 5.75 Å². The molecule has 0 atom stereocenters. The molecule has 0 spiro atoms. The summed E-state index contributed by atoms with van der Waals surface area (Å²) in [4.78, 5) is 13.7. The molecule has 2 rings (SSSR count). The minimum atomic E-state index is -0.0629. The molecule has 0 radical (unpaired) electrons. The second-order valence-electron chi connectivity index (χ2n) is 4.34. The van der Waals surface area contributed by atoms with Gasteiger partial charge >= 0.3 is 0 Å². The topological polar surface area (TPSA) is 29.5 Å². The third kappa shape index (κ3) is 3.48. The van der Waals surface area contributed by atoms with Crippen LogP contribution in [-0.2, 0) is 4.79 Å². The summed E-state index contributed by atoms with van der Waals surface area (Å²) in [7, 11) is 3.39. The quantitative estimate of drug-likeness (QED) is 0.795. The van der Waals surface area contributed by atoms with Crippen molar-refractivity contribution in [2.45, 2.75) is 0 Å². The summed E-state index contributed by atoms with van der Waals surface area (Å²) in [6.45, 7) is 0. The number of benzene rings is 2. The van der Waals surface area contributed by atoms with E-state index < -0.39 is 0 Å². The summed E-state index contributed by atoms with van der Waals surface area (Å²) >= 11 is 0. The summed E-state index contributed by atoms with van der Waals surface area (Å²) in [6.07, 6.45) is 3.36. The fourth-order valence-electron chi connectivity index (χ4n) is 1.77. The Morgan fingerprint density at radius 1 is 1.05 bits per heavy atom. The van der Waals surface area contributed by atoms with E-state index in [1.807, 2.05) is 54.6 Å². The average Bonchev–Trinajstić information content (AvgIpc) is 2.53. The molecule has 0 unspecified atom stereocenters. The van der Waals surface area contributed by atoms with Crippen LogP contribution >= 0.6 is 0 Å². The molecular weight excluding hydrogens is 250 g/mol. The van der Waals surface area contributed by atoms with Gasteiger partial charge in [-0.15, -0.1) is 0 Å². The molecule has 0 N–H and O–H groups in total. The molecule has 0 saturated heterocycles. The summed E-state index contributed by atoms with van der Waals surface area (Å²) in [6, 6.07) is 17.1. The van der Waals surface area contributed by atoms with Crippen molar-refractivity contribution in [3.8, 4) is 5.75 Å². The van der Waals surface area contributed by atoms with Crippen molar-refractivity contribution in [1.82, 2.24) is 0 Å². The van der Waals surface area contributed by atoms with E-state index in [0.29, 0.717) is 0 Å². The predicted molar refractivity (Wildman–Crippen MR) is 81.9 cm³/mol. The lowest BCUT2D eigenvalue weighted by atomic mass is 10.2. The maximum Gasteiger partial charge on any atom is 0.250 e. The lowest BCUT2D eigenvalue weighted by Gasteiger charge is -2.14. The molecule has 3 nitrogen and oxygen atoms in total. The van der Waals surface area contributed by atoms with Crippen molar-refractivity contribution in [3.05, 3.63) is 66.2 Å². The van der Waals surface area contributed by atoms with Crippen LogP contribution in [0, 0.1) is 0 Å². The minimum Gasteiger partial charge on any atom is -0.497 e. The number of likely N-dealkylation sites (N-methyl/N-ethyl adjacent to an activating group) is 1. The van der Waals surface area contributed by atoms with Crippen molar-refractivity contribution in [2.24, 2.45) is 0 Å². The molecule has 0 bridgehead atoms. The molecule has 0 aliphatic carbocycles. The van der Waals surface area contributed by atoms with Gasteiger partial charge in [0.05, 0.1) is 7.11 Å². The number of amides is 1. The SMILES string of the molecule is COc1ccc(C=CC(=O)N(C)c2ccccc2)cc1. The molecule has 0 aromatic heterocycles. The van der Waals surface area contributed by atoms with Crippen molar-refractivity contribution in [3.63, 3.8) is 0 Å². The molecule has 0 aliphatic heterocycles. The number of para-hydroxylation sites is 1. The van der Waals surface area contributed by atoms with E-state index in [0.717, 1.165) is 17.0 Å². The number of hydrogen-bond acceptors (Lipinski definition) is 2. The average molecular weight is 267 g/mol. The Kier molecular flexibility index (Phi) is 4.56. The second-order valence-corrected chi connectivity index (χ2v) is 4.34. The molecule has 0 fully saturated rings. The largest absolute Gasteiger partial charge is 0.497 e. The molecular formula is C17H17NO2. The van der Waals surface area contributed by atoms with E-state index in [2.05, 4.69) is 0 Å². The van der Waals surface area contributed by atoms with Gasteiger partial charge in [-0.2, -0.15) is 0 Å². The molecule has 1 amide bonds. The highest BCUT2D eigenvalue weighted by molar-refractivity contribution is 6.03. The molecule has 0 aliphatic rings. The summed E-state index contributed by atoms with van der Waals surface area (Å²) in [5.74, 6) is 0.738. The first kappa shape index (κ1) is 13.9. The maximum absolute atomic E-state index is 12.1. The fraction of sp³-hybridized carbons (Fsp3) is 0.118. The Morgan fingerprint density at radius 3 is 2.30 bits per heavy atom. The van der Waals surface area contributed by atoms with Crippen LogP contribution in [0.25, 0.3) is 6.08 Å². The van der Waals surface area contributed by atoms with E-state index in [4.69, 9.17) is 4.74 Å². The van der Waals surface area contributed by atoms with Gasteiger partial charge in [0.15, 0.2) is 0 Å². The number of carbonyl (C=O) groups is 1. The number of anilines is 1. The van der Waals surface area contributed by atoms with Crippen LogP contribution in [0.2, 0.25) is 0 Å². The first-order chi connectivity index (χ1) is 9.70. The highest BCUT2D eigenvalue weighted by Gasteiger charge is 2.06. The molecule has 2 aromatic rings. The molecule has 2 aromatic carbocycles. The van der Waals surface area contributed by atoms with Gasteiger partial charge in [-0.1, -0.05) is 30.3 Å². The number of carbonyl (C=O) groups excluding carboxylic acids is 1. The smallest absolute Gasteiger partial charge is 0.250 e. The van der Waals surface area contributed by atoms with Crippen LogP contribution in [0.4, 0.5) is 5.69 Å². The predicted octanol–water partition coefficient (Wildman–Crippen LogP) is 3.37. The number of nitrogens with zero attached hydrogens (tertiary/aromatic N) is 1. The van der Waals surface area contributed by atoms with Gasteiger partial charge in [-0.3, -0.25) is 4.79 Å². The lowest BCUT2D eigenvalue weighted by molar-refractivity contribution is -0.113. The van der Waals surface area contributed by atoms with Crippen LogP contribution in [-0.4, -0.2) is 20.1 Å². The van der Waals surface area contributed by atoms with E-state index >= 15 is 0 Å². The van der Waals surface area contributed by atoms with Crippen molar-refractivity contribution in [2.75, 3.05) is 19.1 Å². The Hall–Kier alpha value is -2.55. The Labute approximate surface area is 119 Å². The Bertz CT molecular complexity index is 588. The van der Waals surface area contributed by atoms with E-state index in [9.17, 15) is 4.79 Å². The minimum absolute atomic E-state index is 0.0629. The Balaban J connectivity index is 2.05. The van der Waals surface area contributed by atoms with Crippen LogP contribution in [0.1, 0.15) is 5.56 Å². The third-order valence-electron chi connectivity index (χ3n) is 3.01. The van der Waals surface area contributed by atoms with Crippen LogP contribution < -0.4 is 9.64 Å². The van der Waals surface area contributed by atoms with Crippen molar-refractivity contribution >= 4 is 17.7 Å². The zero-order valence-electron chi connectivity index (χ0n) is 11.6. The summed E-state index contributed by atoms with van der Waals surface area (Å²) in [5, 5.41) is 0. The van der Waals surface area contributed by atoms with Crippen molar-refractivity contribution < 1.29 is 9.53 Å². The zero-order chi connectivity index (χ0) is 14.4. The van der Waals surface area contributed by atoms with Gasteiger partial charge in [0.25, 0.3) is 5.91 Å². The zero-order valence-corrected chi connectivity index (χ0v) is 11.6. The third-order valence-corrected chi connectivity index (χ3v) is 3.01. The normalized spacial score (nSPS) is 10.5. The fourth-order valence-corrected chi connectivity index (χ4v) is 1.77. The highest BCUT2D eigenvalue weighted by atomic mass is 16.5. The summed E-state index contributed by atoms with van der Waals surface area (Å²) in [5.41, 5.74) is 1.83. The number of rotatable bonds is 4. The lowest BCUT2D eigenvalue weighted by Crippen LogP contribution is -2.23. The first-order valence-corrected chi connectivity index (χ1v) is 6.35. The summed E-state index contributed by atoms with van der Waals surface area (Å²) < 4.78 is 5.09. The van der Waals surface area contributed by atoms with E-state index in [1.165, 1.54) is 0 Å². The number of ether oxygens (including phenoxy) is 1. The number of methoxy groups -OCH3 is 1. The Morgan fingerprint density at radius 2 is 1.70 bits per heavy atom. The molecule has 102 valence electrons. The second kappa shape index (κ2) is 6.57. The first-order valence-electron chi connectivity index (χ1n) is 6.35. The van der Waals surface area contributed by atoms with Gasteiger partial charge in [0.1, 0.15) is 5.75 Å². The molecule has 20 heavy (non-hydrogen) atoms. The van der Waals surface area contributed by atoms with Crippen LogP contribution in [0.15, 0.2) is 60.7 Å². The molecule has 0 heterocycles. The van der Waals surface area contributed by atoms with E-state index in [1.54, 1.807) is 31.2 Å². The molecule has 3 heteroatoms. The van der Waals surface area contributed by atoms with E-state index in [-0.39, 0.29) is 5.91 Å². The molecule has 0 saturated carbocycles. The standard InChI is InChI=1S/C17H17NO2/c1-18(15-6-4-3-5-7-15)17(19)13-10-14-8-11-16(20-2)12-9-14/h3-13H,1-2H3. The highest BCUT2D eigenvalue weighted by Crippen LogP contribution is 2.14. The van der Waals surface area contributed by atoms with Gasteiger partial charge in [-0.05, 0) is 35.9 Å². The van der Waals surface area contributed by atoms with Crippen LogP contribution in [0.3, 0.4) is 0 Å².